The molecule has 0 unspecified atom stereocenters. The highest BCUT2D eigenvalue weighted by Gasteiger charge is 2.35. The predicted molar refractivity (Wildman–Crippen MR) is 71.0 cm³/mol. The first-order valence-corrected chi connectivity index (χ1v) is 7.63. The molecular weight excluding hydrogens is 293 g/mol. The lowest BCUT2D eigenvalue weighted by Crippen LogP contribution is -2.28. The molecule has 0 aliphatic heterocycles. The van der Waals surface area contributed by atoms with Gasteiger partial charge < -0.3 is 0 Å². The summed E-state index contributed by atoms with van der Waals surface area (Å²) < 4.78 is 61.1. The number of hydrogen-bond acceptors (Lipinski definition) is 3. The summed E-state index contributed by atoms with van der Waals surface area (Å²) >= 11 is 0. The van der Waals surface area contributed by atoms with Crippen LogP contribution in [0.5, 0.6) is 0 Å². The average Bonchev–Trinajstić information content (AvgIpc) is 2.25. The number of pyridine rings is 1. The Kier molecular flexibility index (Phi) is 4.68. The van der Waals surface area contributed by atoms with Crippen molar-refractivity contribution in [3.05, 3.63) is 24.0 Å². The van der Waals surface area contributed by atoms with E-state index in [0.29, 0.717) is 0 Å². The standard InChI is InChI=1S/C12H17F3N2O2S/c1-4-11(2,3)9-5-10(7-16-6-9)17-20(18,19)8-12(13,14)15/h5-7,17H,4,8H2,1-3H3. The van der Waals surface area contributed by atoms with E-state index in [2.05, 4.69) is 4.98 Å². The molecule has 1 heterocycles. The van der Waals surface area contributed by atoms with Gasteiger partial charge in [-0.1, -0.05) is 20.8 Å². The number of anilines is 1. The second-order valence-corrected chi connectivity index (χ2v) is 6.90. The van der Waals surface area contributed by atoms with Crippen molar-refractivity contribution < 1.29 is 21.6 Å². The molecule has 0 radical (unpaired) electrons. The zero-order chi connectivity index (χ0) is 15.6. The summed E-state index contributed by atoms with van der Waals surface area (Å²) in [6.45, 7) is 5.84. The number of hydrogen-bond donors (Lipinski definition) is 1. The van der Waals surface area contributed by atoms with Gasteiger partial charge in [-0.3, -0.25) is 9.71 Å². The van der Waals surface area contributed by atoms with Crippen molar-refractivity contribution in [2.75, 3.05) is 10.5 Å². The lowest BCUT2D eigenvalue weighted by molar-refractivity contribution is -0.106. The third kappa shape index (κ3) is 4.99. The maximum Gasteiger partial charge on any atom is 0.404 e. The third-order valence-electron chi connectivity index (χ3n) is 3.03. The molecule has 0 saturated heterocycles. The second kappa shape index (κ2) is 5.59. The van der Waals surface area contributed by atoms with Crippen LogP contribution in [-0.4, -0.2) is 25.3 Å². The molecule has 1 aromatic heterocycles. The van der Waals surface area contributed by atoms with Crippen molar-refractivity contribution in [1.82, 2.24) is 4.98 Å². The number of aromatic nitrogens is 1. The van der Waals surface area contributed by atoms with Crippen molar-refractivity contribution in [3.8, 4) is 0 Å². The quantitative estimate of drug-likeness (QED) is 0.909. The molecule has 1 aromatic rings. The fraction of sp³-hybridized carbons (Fsp3) is 0.583. The number of alkyl halides is 3. The summed E-state index contributed by atoms with van der Waals surface area (Å²) in [7, 11) is -4.48. The molecule has 0 aliphatic carbocycles. The molecule has 0 saturated carbocycles. The van der Waals surface area contributed by atoms with Crippen LogP contribution in [-0.2, 0) is 15.4 Å². The number of nitrogens with one attached hydrogen (secondary N) is 1. The fourth-order valence-electron chi connectivity index (χ4n) is 1.50. The second-order valence-electron chi connectivity index (χ2n) is 5.18. The lowest BCUT2D eigenvalue weighted by atomic mass is 9.83. The summed E-state index contributed by atoms with van der Waals surface area (Å²) in [5, 5.41) is 0. The molecule has 1 rings (SSSR count). The van der Waals surface area contributed by atoms with Crippen molar-refractivity contribution in [2.45, 2.75) is 38.8 Å². The summed E-state index contributed by atoms with van der Waals surface area (Å²) in [4.78, 5) is 3.87. The molecule has 0 amide bonds. The highest BCUT2D eigenvalue weighted by atomic mass is 32.2. The first kappa shape index (κ1) is 16.7. The minimum absolute atomic E-state index is 0.0354. The van der Waals surface area contributed by atoms with E-state index in [0.717, 1.165) is 12.0 Å². The van der Waals surface area contributed by atoms with Crippen molar-refractivity contribution in [2.24, 2.45) is 0 Å². The van der Waals surface area contributed by atoms with Crippen LogP contribution in [0.2, 0.25) is 0 Å². The topological polar surface area (TPSA) is 59.1 Å². The number of sulfonamides is 1. The van der Waals surface area contributed by atoms with Crippen LogP contribution in [0.25, 0.3) is 0 Å². The number of halogens is 3. The fourth-order valence-corrected chi connectivity index (χ4v) is 2.47. The van der Waals surface area contributed by atoms with Gasteiger partial charge in [0.15, 0.2) is 5.75 Å². The highest BCUT2D eigenvalue weighted by molar-refractivity contribution is 7.92. The van der Waals surface area contributed by atoms with E-state index in [1.807, 2.05) is 25.5 Å². The van der Waals surface area contributed by atoms with Crippen LogP contribution < -0.4 is 4.72 Å². The Balaban J connectivity index is 2.98. The Morgan fingerprint density at radius 2 is 1.85 bits per heavy atom. The summed E-state index contributed by atoms with van der Waals surface area (Å²) in [5.41, 5.74) is 0.554. The van der Waals surface area contributed by atoms with Crippen LogP contribution in [0.4, 0.5) is 18.9 Å². The molecule has 4 nitrogen and oxygen atoms in total. The molecule has 0 atom stereocenters. The normalized spacial score (nSPS) is 13.3. The smallest absolute Gasteiger partial charge is 0.282 e. The summed E-state index contributed by atoms with van der Waals surface area (Å²) in [5.74, 6) is -1.92. The van der Waals surface area contributed by atoms with Crippen molar-refractivity contribution in [1.29, 1.82) is 0 Å². The minimum Gasteiger partial charge on any atom is -0.282 e. The van der Waals surface area contributed by atoms with E-state index in [4.69, 9.17) is 0 Å². The van der Waals surface area contributed by atoms with Crippen LogP contribution in [0.1, 0.15) is 32.8 Å². The molecule has 1 N–H and O–H groups in total. The number of rotatable bonds is 5. The van der Waals surface area contributed by atoms with Gasteiger partial charge in [-0.15, -0.1) is 0 Å². The largest absolute Gasteiger partial charge is 0.404 e. The molecule has 0 bridgehead atoms. The van der Waals surface area contributed by atoms with E-state index in [1.54, 1.807) is 6.20 Å². The molecule has 0 aromatic carbocycles. The van der Waals surface area contributed by atoms with Gasteiger partial charge in [0.25, 0.3) is 0 Å². The zero-order valence-corrected chi connectivity index (χ0v) is 12.3. The Morgan fingerprint density at radius 3 is 2.35 bits per heavy atom. The highest BCUT2D eigenvalue weighted by Crippen LogP contribution is 2.28. The van der Waals surface area contributed by atoms with Crippen LogP contribution >= 0.6 is 0 Å². The van der Waals surface area contributed by atoms with Gasteiger partial charge in [0.05, 0.1) is 11.9 Å². The van der Waals surface area contributed by atoms with E-state index < -0.39 is 22.0 Å². The maximum absolute atomic E-state index is 12.1. The average molecular weight is 310 g/mol. The Labute approximate surface area is 116 Å². The monoisotopic (exact) mass is 310 g/mol. The van der Waals surface area contributed by atoms with Crippen LogP contribution in [0.15, 0.2) is 18.5 Å². The summed E-state index contributed by atoms with van der Waals surface area (Å²) in [6, 6.07) is 1.50. The van der Waals surface area contributed by atoms with E-state index >= 15 is 0 Å². The maximum atomic E-state index is 12.1. The first-order chi connectivity index (χ1) is 8.95. The Bertz CT molecular complexity index is 568. The van der Waals surface area contributed by atoms with Gasteiger partial charge in [0.2, 0.25) is 10.0 Å². The first-order valence-electron chi connectivity index (χ1n) is 5.98. The van der Waals surface area contributed by atoms with Crippen molar-refractivity contribution >= 4 is 15.7 Å². The molecular formula is C12H17F3N2O2S. The predicted octanol–water partition coefficient (Wildman–Crippen LogP) is 3.07. The number of nitrogens with zero attached hydrogens (tertiary/aromatic N) is 1. The van der Waals surface area contributed by atoms with Crippen molar-refractivity contribution in [3.63, 3.8) is 0 Å². The van der Waals surface area contributed by atoms with E-state index in [9.17, 15) is 21.6 Å². The third-order valence-corrected chi connectivity index (χ3v) is 4.28. The zero-order valence-electron chi connectivity index (χ0n) is 11.5. The van der Waals surface area contributed by atoms with Gasteiger partial charge in [0.1, 0.15) is 0 Å². The van der Waals surface area contributed by atoms with Crippen LogP contribution in [0, 0.1) is 0 Å². The minimum atomic E-state index is -4.78. The van der Waals surface area contributed by atoms with E-state index in [1.165, 1.54) is 12.3 Å². The van der Waals surface area contributed by atoms with E-state index in [-0.39, 0.29) is 11.1 Å². The van der Waals surface area contributed by atoms with Gasteiger partial charge in [-0.2, -0.15) is 13.2 Å². The van der Waals surface area contributed by atoms with Crippen LogP contribution in [0.3, 0.4) is 0 Å². The molecule has 8 heteroatoms. The van der Waals surface area contributed by atoms with Gasteiger partial charge in [-0.25, -0.2) is 8.42 Å². The lowest BCUT2D eigenvalue weighted by Gasteiger charge is -2.23. The van der Waals surface area contributed by atoms with Gasteiger partial charge in [-0.05, 0) is 23.5 Å². The Morgan fingerprint density at radius 1 is 1.25 bits per heavy atom. The van der Waals surface area contributed by atoms with Gasteiger partial charge in [0, 0.05) is 6.20 Å². The summed E-state index contributed by atoms with van der Waals surface area (Å²) in [6.07, 6.45) is -1.23. The molecule has 0 fully saturated rings. The molecule has 20 heavy (non-hydrogen) atoms. The molecule has 0 spiro atoms. The molecule has 0 aliphatic rings. The molecule has 114 valence electrons. The SMILES string of the molecule is CCC(C)(C)c1cncc(NS(=O)(=O)CC(F)(F)F)c1. The Hall–Kier alpha value is -1.31. The van der Waals surface area contributed by atoms with Gasteiger partial charge >= 0.3 is 6.18 Å².